The SMILES string of the molecule is CCc1ccc(C(NC(=O)/C=C/c2ccc([N+](=O)[O-])cc2)C(C)C)cc1. The Bertz CT molecular complexity index is 778. The number of nitro benzene ring substituents is 1. The van der Waals surface area contributed by atoms with Crippen LogP contribution >= 0.6 is 0 Å². The van der Waals surface area contributed by atoms with Crippen LogP contribution in [0.1, 0.15) is 43.5 Å². The summed E-state index contributed by atoms with van der Waals surface area (Å²) in [7, 11) is 0. The molecular weight excluding hydrogens is 328 g/mol. The number of rotatable bonds is 7. The summed E-state index contributed by atoms with van der Waals surface area (Å²) in [6, 6.07) is 14.3. The predicted molar refractivity (Wildman–Crippen MR) is 104 cm³/mol. The average Bonchev–Trinajstić information content (AvgIpc) is 2.64. The van der Waals surface area contributed by atoms with Crippen molar-refractivity contribution < 1.29 is 9.72 Å². The van der Waals surface area contributed by atoms with E-state index in [1.807, 2.05) is 0 Å². The standard InChI is InChI=1S/C21H24N2O3/c1-4-16-5-10-18(11-6-16)21(15(2)3)22-20(24)14-9-17-7-12-19(13-8-17)23(25)26/h5-15,21H,4H2,1-3H3,(H,22,24)/b14-9+. The van der Waals surface area contributed by atoms with Gasteiger partial charge in [-0.25, -0.2) is 0 Å². The number of nitrogens with one attached hydrogen (secondary N) is 1. The lowest BCUT2D eigenvalue weighted by molar-refractivity contribution is -0.384. The van der Waals surface area contributed by atoms with E-state index in [9.17, 15) is 14.9 Å². The van der Waals surface area contributed by atoms with Crippen molar-refractivity contribution in [1.29, 1.82) is 0 Å². The zero-order chi connectivity index (χ0) is 19.1. The molecule has 1 N–H and O–H groups in total. The van der Waals surface area contributed by atoms with Gasteiger partial charge in [0.2, 0.25) is 5.91 Å². The minimum Gasteiger partial charge on any atom is -0.345 e. The van der Waals surface area contributed by atoms with E-state index in [-0.39, 0.29) is 23.6 Å². The van der Waals surface area contributed by atoms with Gasteiger partial charge in [-0.15, -0.1) is 0 Å². The highest BCUT2D eigenvalue weighted by molar-refractivity contribution is 5.92. The minimum absolute atomic E-state index is 0.0296. The lowest BCUT2D eigenvalue weighted by atomic mass is 9.95. The smallest absolute Gasteiger partial charge is 0.269 e. The molecule has 2 rings (SSSR count). The molecule has 136 valence electrons. The second-order valence-corrected chi connectivity index (χ2v) is 6.51. The molecule has 2 aromatic rings. The third-order valence-electron chi connectivity index (χ3n) is 4.24. The Morgan fingerprint density at radius 3 is 2.23 bits per heavy atom. The molecule has 0 heterocycles. The van der Waals surface area contributed by atoms with E-state index < -0.39 is 4.92 Å². The Hall–Kier alpha value is -2.95. The van der Waals surface area contributed by atoms with Crippen LogP contribution in [0.4, 0.5) is 5.69 Å². The van der Waals surface area contributed by atoms with Crippen molar-refractivity contribution >= 4 is 17.7 Å². The molecular formula is C21H24N2O3. The first kappa shape index (κ1) is 19.4. The summed E-state index contributed by atoms with van der Waals surface area (Å²) in [6.45, 7) is 6.25. The Kier molecular flexibility index (Phi) is 6.67. The third kappa shape index (κ3) is 5.28. The Balaban J connectivity index is 2.05. The summed E-state index contributed by atoms with van der Waals surface area (Å²) in [5.41, 5.74) is 3.11. The minimum atomic E-state index is -0.447. The second-order valence-electron chi connectivity index (χ2n) is 6.51. The molecule has 0 aromatic heterocycles. The number of non-ortho nitro benzene ring substituents is 1. The molecule has 26 heavy (non-hydrogen) atoms. The van der Waals surface area contributed by atoms with Gasteiger partial charge in [0, 0.05) is 18.2 Å². The molecule has 5 nitrogen and oxygen atoms in total. The molecule has 5 heteroatoms. The number of carbonyl (C=O) groups excluding carboxylic acids is 1. The van der Waals surface area contributed by atoms with Crippen LogP contribution in [0.3, 0.4) is 0 Å². The number of nitro groups is 1. The number of hydrogen-bond acceptors (Lipinski definition) is 3. The highest BCUT2D eigenvalue weighted by atomic mass is 16.6. The van der Waals surface area contributed by atoms with Crippen LogP contribution in [0.5, 0.6) is 0 Å². The van der Waals surface area contributed by atoms with Crippen molar-refractivity contribution in [3.63, 3.8) is 0 Å². The maximum Gasteiger partial charge on any atom is 0.269 e. The first-order valence-electron chi connectivity index (χ1n) is 8.72. The van der Waals surface area contributed by atoms with Crippen molar-refractivity contribution in [1.82, 2.24) is 5.32 Å². The maximum absolute atomic E-state index is 12.3. The van der Waals surface area contributed by atoms with E-state index >= 15 is 0 Å². The van der Waals surface area contributed by atoms with E-state index in [1.54, 1.807) is 18.2 Å². The largest absolute Gasteiger partial charge is 0.345 e. The average molecular weight is 352 g/mol. The summed E-state index contributed by atoms with van der Waals surface area (Å²) < 4.78 is 0. The van der Waals surface area contributed by atoms with Crippen LogP contribution in [0.2, 0.25) is 0 Å². The van der Waals surface area contributed by atoms with Crippen LogP contribution in [-0.2, 0) is 11.2 Å². The van der Waals surface area contributed by atoms with Crippen molar-refractivity contribution in [2.45, 2.75) is 33.2 Å². The van der Waals surface area contributed by atoms with E-state index in [4.69, 9.17) is 0 Å². The highest BCUT2D eigenvalue weighted by Crippen LogP contribution is 2.22. The normalized spacial score (nSPS) is 12.3. The number of aryl methyl sites for hydroxylation is 1. The molecule has 0 saturated carbocycles. The zero-order valence-corrected chi connectivity index (χ0v) is 15.3. The summed E-state index contributed by atoms with van der Waals surface area (Å²) in [5, 5.41) is 13.7. The van der Waals surface area contributed by atoms with E-state index in [0.29, 0.717) is 0 Å². The maximum atomic E-state index is 12.3. The van der Waals surface area contributed by atoms with Crippen LogP contribution in [0.25, 0.3) is 6.08 Å². The van der Waals surface area contributed by atoms with Gasteiger partial charge in [-0.2, -0.15) is 0 Å². The molecule has 0 aliphatic rings. The third-order valence-corrected chi connectivity index (χ3v) is 4.24. The second kappa shape index (κ2) is 8.94. The van der Waals surface area contributed by atoms with Gasteiger partial charge in [-0.1, -0.05) is 45.0 Å². The Morgan fingerprint density at radius 2 is 1.73 bits per heavy atom. The monoisotopic (exact) mass is 352 g/mol. The van der Waals surface area contributed by atoms with Gasteiger partial charge >= 0.3 is 0 Å². The van der Waals surface area contributed by atoms with Crippen molar-refractivity contribution in [3.05, 3.63) is 81.4 Å². The molecule has 0 fully saturated rings. The molecule has 0 aliphatic heterocycles. The number of carbonyl (C=O) groups is 1. The quantitative estimate of drug-likeness (QED) is 0.446. The molecule has 1 atom stereocenters. The van der Waals surface area contributed by atoms with Gasteiger partial charge in [0.25, 0.3) is 5.69 Å². The highest BCUT2D eigenvalue weighted by Gasteiger charge is 2.17. The lowest BCUT2D eigenvalue weighted by Crippen LogP contribution is -2.30. The molecule has 0 radical (unpaired) electrons. The van der Waals surface area contributed by atoms with Crippen LogP contribution in [-0.4, -0.2) is 10.8 Å². The summed E-state index contributed by atoms with van der Waals surface area (Å²) in [4.78, 5) is 22.5. The van der Waals surface area contributed by atoms with Gasteiger partial charge < -0.3 is 5.32 Å². The Morgan fingerprint density at radius 1 is 1.12 bits per heavy atom. The molecule has 0 saturated heterocycles. The van der Waals surface area contributed by atoms with Crippen LogP contribution < -0.4 is 5.32 Å². The number of hydrogen-bond donors (Lipinski definition) is 1. The van der Waals surface area contributed by atoms with Gasteiger partial charge in [0.15, 0.2) is 0 Å². The molecule has 1 unspecified atom stereocenters. The van der Waals surface area contributed by atoms with Crippen molar-refractivity contribution in [2.24, 2.45) is 5.92 Å². The van der Waals surface area contributed by atoms with Crippen molar-refractivity contribution in [3.8, 4) is 0 Å². The molecule has 0 aliphatic carbocycles. The number of amides is 1. The van der Waals surface area contributed by atoms with Crippen LogP contribution in [0.15, 0.2) is 54.6 Å². The fourth-order valence-corrected chi connectivity index (χ4v) is 2.68. The fourth-order valence-electron chi connectivity index (χ4n) is 2.68. The van der Waals surface area contributed by atoms with Gasteiger partial charge in [0.05, 0.1) is 11.0 Å². The Labute approximate surface area is 153 Å². The number of nitrogens with zero attached hydrogens (tertiary/aromatic N) is 1. The summed E-state index contributed by atoms with van der Waals surface area (Å²) >= 11 is 0. The number of benzene rings is 2. The van der Waals surface area contributed by atoms with E-state index in [1.165, 1.54) is 23.8 Å². The van der Waals surface area contributed by atoms with Gasteiger partial charge in [-0.05, 0) is 47.2 Å². The van der Waals surface area contributed by atoms with Crippen LogP contribution in [0, 0.1) is 16.0 Å². The zero-order valence-electron chi connectivity index (χ0n) is 15.3. The first-order valence-corrected chi connectivity index (χ1v) is 8.72. The van der Waals surface area contributed by atoms with Crippen molar-refractivity contribution in [2.75, 3.05) is 0 Å². The predicted octanol–water partition coefficient (Wildman–Crippen LogP) is 4.68. The topological polar surface area (TPSA) is 72.2 Å². The molecule has 0 bridgehead atoms. The first-order chi connectivity index (χ1) is 12.4. The molecule has 1 amide bonds. The van der Waals surface area contributed by atoms with Gasteiger partial charge in [-0.3, -0.25) is 14.9 Å². The fraction of sp³-hybridized carbons (Fsp3) is 0.286. The lowest BCUT2D eigenvalue weighted by Gasteiger charge is -2.22. The molecule has 2 aromatic carbocycles. The summed E-state index contributed by atoms with van der Waals surface area (Å²) in [5.74, 6) is 0.0563. The van der Waals surface area contributed by atoms with E-state index in [2.05, 4.69) is 50.4 Å². The molecule has 0 spiro atoms. The van der Waals surface area contributed by atoms with Gasteiger partial charge in [0.1, 0.15) is 0 Å². The summed E-state index contributed by atoms with van der Waals surface area (Å²) in [6.07, 6.45) is 4.09. The van der Waals surface area contributed by atoms with E-state index in [0.717, 1.165) is 17.5 Å².